The van der Waals surface area contributed by atoms with E-state index in [1.54, 1.807) is 36.7 Å². The molecule has 108 valence electrons. The lowest BCUT2D eigenvalue weighted by atomic mass is 10.3. The van der Waals surface area contributed by atoms with Gasteiger partial charge in [-0.05, 0) is 18.2 Å². The predicted octanol–water partition coefficient (Wildman–Crippen LogP) is 2.12. The molecule has 0 saturated carbocycles. The van der Waals surface area contributed by atoms with E-state index in [4.69, 9.17) is 15.2 Å². The van der Waals surface area contributed by atoms with Gasteiger partial charge in [-0.15, -0.1) is 11.8 Å². The molecule has 0 atom stereocenters. The van der Waals surface area contributed by atoms with Crippen molar-refractivity contribution >= 4 is 29.0 Å². The van der Waals surface area contributed by atoms with Crippen LogP contribution in [0.4, 0.5) is 11.4 Å². The lowest BCUT2D eigenvalue weighted by Crippen LogP contribution is -2.14. The summed E-state index contributed by atoms with van der Waals surface area (Å²) in [6.07, 6.45) is 3.21. The van der Waals surface area contributed by atoms with E-state index in [9.17, 15) is 4.79 Å². The molecule has 2 aromatic rings. The molecule has 0 radical (unpaired) electrons. The van der Waals surface area contributed by atoms with Crippen molar-refractivity contribution in [2.45, 2.75) is 4.90 Å². The van der Waals surface area contributed by atoms with Crippen molar-refractivity contribution in [2.24, 2.45) is 0 Å². The summed E-state index contributed by atoms with van der Waals surface area (Å²) in [4.78, 5) is 16.7. The third-order valence-electron chi connectivity index (χ3n) is 2.83. The van der Waals surface area contributed by atoms with Crippen LogP contribution >= 0.6 is 11.8 Å². The second-order valence-corrected chi connectivity index (χ2v) is 5.34. The topological polar surface area (TPSA) is 86.5 Å². The smallest absolute Gasteiger partial charge is 0.234 e. The highest BCUT2D eigenvalue weighted by Crippen LogP contribution is 2.34. The van der Waals surface area contributed by atoms with Gasteiger partial charge in [0.25, 0.3) is 0 Å². The largest absolute Gasteiger partial charge is 0.454 e. The van der Waals surface area contributed by atoms with Gasteiger partial charge in [-0.2, -0.15) is 0 Å². The van der Waals surface area contributed by atoms with E-state index in [1.807, 2.05) is 0 Å². The summed E-state index contributed by atoms with van der Waals surface area (Å²) in [6, 6.07) is 7.07. The van der Waals surface area contributed by atoms with Crippen LogP contribution in [0.25, 0.3) is 0 Å². The summed E-state index contributed by atoms with van der Waals surface area (Å²) in [5.41, 5.74) is 7.02. The highest BCUT2D eigenvalue weighted by Gasteiger charge is 2.14. The number of fused-ring (bicyclic) bond motifs is 1. The van der Waals surface area contributed by atoms with E-state index in [2.05, 4.69) is 10.3 Å². The Morgan fingerprint density at radius 2 is 2.19 bits per heavy atom. The third kappa shape index (κ3) is 3.19. The summed E-state index contributed by atoms with van der Waals surface area (Å²) < 4.78 is 10.5. The first-order chi connectivity index (χ1) is 10.2. The summed E-state index contributed by atoms with van der Waals surface area (Å²) >= 11 is 1.37. The number of anilines is 2. The molecule has 0 saturated heterocycles. The van der Waals surface area contributed by atoms with Crippen molar-refractivity contribution in [1.82, 2.24) is 4.98 Å². The number of ether oxygens (including phenoxy) is 2. The van der Waals surface area contributed by atoms with Crippen LogP contribution in [0, 0.1) is 0 Å². The number of nitrogens with one attached hydrogen (secondary N) is 1. The van der Waals surface area contributed by atoms with Gasteiger partial charge >= 0.3 is 0 Å². The molecule has 2 heterocycles. The molecule has 3 N–H and O–H groups in total. The quantitative estimate of drug-likeness (QED) is 0.841. The van der Waals surface area contributed by atoms with Crippen molar-refractivity contribution in [1.29, 1.82) is 0 Å². The number of carbonyl (C=O) groups is 1. The fraction of sp³-hybridized carbons (Fsp3) is 0.143. The van der Waals surface area contributed by atoms with Crippen molar-refractivity contribution in [3.63, 3.8) is 0 Å². The van der Waals surface area contributed by atoms with E-state index in [0.29, 0.717) is 22.9 Å². The van der Waals surface area contributed by atoms with Gasteiger partial charge < -0.3 is 20.5 Å². The molecule has 21 heavy (non-hydrogen) atoms. The fourth-order valence-electron chi connectivity index (χ4n) is 1.84. The van der Waals surface area contributed by atoms with Crippen LogP contribution in [-0.2, 0) is 4.79 Å². The number of nitrogen functional groups attached to an aromatic ring is 1. The number of amides is 1. The van der Waals surface area contributed by atoms with Gasteiger partial charge in [-0.25, -0.2) is 0 Å². The summed E-state index contributed by atoms with van der Waals surface area (Å²) in [7, 11) is 0. The number of rotatable bonds is 4. The zero-order valence-electron chi connectivity index (χ0n) is 11.0. The number of hydrogen-bond donors (Lipinski definition) is 2. The maximum atomic E-state index is 11.9. The first kappa shape index (κ1) is 13.6. The SMILES string of the molecule is Nc1cnccc1SCC(=O)Nc1ccc2c(c1)OCO2. The van der Waals surface area contributed by atoms with E-state index in [1.165, 1.54) is 11.8 Å². The molecule has 0 spiro atoms. The van der Waals surface area contributed by atoms with Crippen LogP contribution in [0.5, 0.6) is 11.5 Å². The minimum atomic E-state index is -0.116. The molecular formula is C14H13N3O3S. The molecule has 0 unspecified atom stereocenters. The number of benzene rings is 1. The number of carbonyl (C=O) groups excluding carboxylic acids is 1. The Hall–Kier alpha value is -2.41. The van der Waals surface area contributed by atoms with Crippen LogP contribution < -0.4 is 20.5 Å². The maximum absolute atomic E-state index is 11.9. The minimum absolute atomic E-state index is 0.116. The Bertz CT molecular complexity index is 678. The average molecular weight is 303 g/mol. The molecule has 6 nitrogen and oxygen atoms in total. The molecule has 1 amide bonds. The van der Waals surface area contributed by atoms with Crippen LogP contribution in [0.1, 0.15) is 0 Å². The van der Waals surface area contributed by atoms with Gasteiger partial charge in [0.05, 0.1) is 17.6 Å². The van der Waals surface area contributed by atoms with Crippen molar-refractivity contribution in [2.75, 3.05) is 23.6 Å². The molecule has 1 aliphatic rings. The van der Waals surface area contributed by atoms with E-state index in [0.717, 1.165) is 4.90 Å². The highest BCUT2D eigenvalue weighted by atomic mass is 32.2. The maximum Gasteiger partial charge on any atom is 0.234 e. The first-order valence-electron chi connectivity index (χ1n) is 6.24. The summed E-state index contributed by atoms with van der Waals surface area (Å²) in [5, 5.41) is 2.81. The van der Waals surface area contributed by atoms with Gasteiger partial charge in [-0.3, -0.25) is 9.78 Å². The van der Waals surface area contributed by atoms with Crippen molar-refractivity contribution in [3.8, 4) is 11.5 Å². The Kier molecular flexibility index (Phi) is 3.83. The summed E-state index contributed by atoms with van der Waals surface area (Å²) in [5.74, 6) is 1.48. The average Bonchev–Trinajstić information content (AvgIpc) is 2.94. The second-order valence-electron chi connectivity index (χ2n) is 4.32. The minimum Gasteiger partial charge on any atom is -0.454 e. The zero-order chi connectivity index (χ0) is 14.7. The molecule has 1 aliphatic heterocycles. The summed E-state index contributed by atoms with van der Waals surface area (Å²) in [6.45, 7) is 0.212. The molecule has 1 aromatic carbocycles. The first-order valence-corrected chi connectivity index (χ1v) is 7.23. The molecule has 3 rings (SSSR count). The van der Waals surface area contributed by atoms with Crippen molar-refractivity contribution < 1.29 is 14.3 Å². The molecular weight excluding hydrogens is 290 g/mol. The molecule has 1 aromatic heterocycles. The number of hydrogen-bond acceptors (Lipinski definition) is 6. The van der Waals surface area contributed by atoms with Gasteiger partial charge in [0.15, 0.2) is 11.5 Å². The van der Waals surface area contributed by atoms with E-state index < -0.39 is 0 Å². The van der Waals surface area contributed by atoms with E-state index >= 15 is 0 Å². The Morgan fingerprint density at radius 3 is 3.05 bits per heavy atom. The van der Waals surface area contributed by atoms with Crippen molar-refractivity contribution in [3.05, 3.63) is 36.7 Å². The van der Waals surface area contributed by atoms with Crippen LogP contribution in [0.15, 0.2) is 41.6 Å². The highest BCUT2D eigenvalue weighted by molar-refractivity contribution is 8.00. The standard InChI is InChI=1S/C14H13N3O3S/c15-10-6-16-4-3-13(10)21-7-14(18)17-9-1-2-11-12(5-9)20-8-19-11/h1-6H,7-8,15H2,(H,17,18). The lowest BCUT2D eigenvalue weighted by molar-refractivity contribution is -0.113. The van der Waals surface area contributed by atoms with Crippen LogP contribution in [0.2, 0.25) is 0 Å². The number of thioether (sulfide) groups is 1. The Labute approximate surface area is 125 Å². The van der Waals surface area contributed by atoms with E-state index in [-0.39, 0.29) is 18.5 Å². The number of pyridine rings is 1. The Balaban J connectivity index is 1.58. The van der Waals surface area contributed by atoms with Gasteiger partial charge in [0.1, 0.15) is 0 Å². The third-order valence-corrected chi connectivity index (χ3v) is 3.91. The molecule has 0 bridgehead atoms. The number of aromatic nitrogens is 1. The Morgan fingerprint density at radius 1 is 1.33 bits per heavy atom. The van der Waals surface area contributed by atoms with Gasteiger partial charge in [0, 0.05) is 22.8 Å². The number of nitrogens with zero attached hydrogens (tertiary/aromatic N) is 1. The normalized spacial score (nSPS) is 12.2. The lowest BCUT2D eigenvalue weighted by Gasteiger charge is -2.07. The number of nitrogens with two attached hydrogens (primary N) is 1. The molecule has 0 aliphatic carbocycles. The monoisotopic (exact) mass is 303 g/mol. The fourth-order valence-corrected chi connectivity index (χ4v) is 2.58. The van der Waals surface area contributed by atoms with Gasteiger partial charge in [0.2, 0.25) is 12.7 Å². The molecule has 7 heteroatoms. The van der Waals surface area contributed by atoms with Gasteiger partial charge in [-0.1, -0.05) is 0 Å². The molecule has 0 fully saturated rings. The van der Waals surface area contributed by atoms with Crippen LogP contribution in [0.3, 0.4) is 0 Å². The second kappa shape index (κ2) is 5.92. The zero-order valence-corrected chi connectivity index (χ0v) is 11.9. The van der Waals surface area contributed by atoms with Crippen LogP contribution in [-0.4, -0.2) is 23.4 Å². The predicted molar refractivity (Wildman–Crippen MR) is 80.6 cm³/mol.